The van der Waals surface area contributed by atoms with Gasteiger partial charge in [0.1, 0.15) is 11.6 Å². The second kappa shape index (κ2) is 5.45. The van der Waals surface area contributed by atoms with Crippen molar-refractivity contribution in [2.75, 3.05) is 0 Å². The zero-order valence-corrected chi connectivity index (χ0v) is 11.2. The summed E-state index contributed by atoms with van der Waals surface area (Å²) in [7, 11) is 0. The van der Waals surface area contributed by atoms with Crippen LogP contribution in [0.15, 0.2) is 30.6 Å². The summed E-state index contributed by atoms with van der Waals surface area (Å²) in [6.45, 7) is 2.09. The number of benzene rings is 1. The summed E-state index contributed by atoms with van der Waals surface area (Å²) in [5.41, 5.74) is 1.50. The van der Waals surface area contributed by atoms with E-state index >= 15 is 0 Å². The molecular formula is C13H14BrFN2. The summed E-state index contributed by atoms with van der Waals surface area (Å²) in [6, 6.07) is 5.27. The van der Waals surface area contributed by atoms with Crippen molar-refractivity contribution < 1.29 is 4.39 Å². The lowest BCUT2D eigenvalue weighted by Crippen LogP contribution is -2.03. The third-order valence-electron chi connectivity index (χ3n) is 2.62. The van der Waals surface area contributed by atoms with E-state index in [1.807, 2.05) is 10.6 Å². The fraction of sp³-hybridized carbons (Fsp3) is 0.308. The zero-order chi connectivity index (χ0) is 12.3. The Balaban J connectivity index is 2.42. The zero-order valence-electron chi connectivity index (χ0n) is 9.66. The standard InChI is InChI=1S/C13H14BrFN2/c1-2-3-13-16-6-7-17(13)12-5-4-10(9-14)8-11(12)15/h4-8H,2-3,9H2,1H3. The van der Waals surface area contributed by atoms with E-state index in [4.69, 9.17) is 0 Å². The van der Waals surface area contributed by atoms with Crippen LogP contribution in [0.5, 0.6) is 0 Å². The van der Waals surface area contributed by atoms with Gasteiger partial charge in [0.2, 0.25) is 0 Å². The maximum absolute atomic E-state index is 14.0. The first-order valence-corrected chi connectivity index (χ1v) is 6.75. The van der Waals surface area contributed by atoms with Crippen LogP contribution in [-0.4, -0.2) is 9.55 Å². The number of rotatable bonds is 4. The summed E-state index contributed by atoms with van der Waals surface area (Å²) in [4.78, 5) is 4.25. The largest absolute Gasteiger partial charge is 0.301 e. The van der Waals surface area contributed by atoms with Gasteiger partial charge in [-0.15, -0.1) is 0 Å². The van der Waals surface area contributed by atoms with Crippen molar-refractivity contribution in [1.82, 2.24) is 9.55 Å². The summed E-state index contributed by atoms with van der Waals surface area (Å²) in [5.74, 6) is 0.690. The highest BCUT2D eigenvalue weighted by molar-refractivity contribution is 9.08. The monoisotopic (exact) mass is 296 g/mol. The fourth-order valence-electron chi connectivity index (χ4n) is 1.79. The van der Waals surface area contributed by atoms with Gasteiger partial charge in [-0.1, -0.05) is 28.9 Å². The lowest BCUT2D eigenvalue weighted by molar-refractivity contribution is 0.613. The van der Waals surface area contributed by atoms with Crippen molar-refractivity contribution in [3.05, 3.63) is 47.8 Å². The van der Waals surface area contributed by atoms with Gasteiger partial charge in [-0.05, 0) is 24.1 Å². The first-order chi connectivity index (χ1) is 8.26. The maximum Gasteiger partial charge on any atom is 0.147 e. The Labute approximate surface area is 109 Å². The van der Waals surface area contributed by atoms with E-state index in [0.717, 1.165) is 24.2 Å². The van der Waals surface area contributed by atoms with Crippen molar-refractivity contribution >= 4 is 15.9 Å². The molecule has 0 unspecified atom stereocenters. The summed E-state index contributed by atoms with van der Waals surface area (Å²) in [6.07, 6.45) is 5.37. The minimum absolute atomic E-state index is 0.211. The first-order valence-electron chi connectivity index (χ1n) is 5.63. The molecule has 17 heavy (non-hydrogen) atoms. The lowest BCUT2D eigenvalue weighted by atomic mass is 10.2. The number of nitrogens with zero attached hydrogens (tertiary/aromatic N) is 2. The summed E-state index contributed by atoms with van der Waals surface area (Å²) >= 11 is 3.32. The molecule has 2 aromatic rings. The molecule has 0 aliphatic heterocycles. The number of aromatic nitrogens is 2. The minimum Gasteiger partial charge on any atom is -0.301 e. The quantitative estimate of drug-likeness (QED) is 0.784. The molecule has 0 bridgehead atoms. The van der Waals surface area contributed by atoms with Crippen molar-refractivity contribution in [3.8, 4) is 5.69 Å². The molecule has 0 saturated carbocycles. The molecule has 0 saturated heterocycles. The van der Waals surface area contributed by atoms with Gasteiger partial charge >= 0.3 is 0 Å². The van der Waals surface area contributed by atoms with E-state index in [-0.39, 0.29) is 5.82 Å². The number of halogens is 2. The molecule has 0 amide bonds. The SMILES string of the molecule is CCCc1nccn1-c1ccc(CBr)cc1F. The minimum atomic E-state index is -0.211. The number of hydrogen-bond donors (Lipinski definition) is 0. The predicted molar refractivity (Wildman–Crippen MR) is 70.1 cm³/mol. The van der Waals surface area contributed by atoms with Crippen molar-refractivity contribution in [1.29, 1.82) is 0 Å². The van der Waals surface area contributed by atoms with Crippen LogP contribution < -0.4 is 0 Å². The average molecular weight is 297 g/mol. The van der Waals surface area contributed by atoms with Crippen LogP contribution >= 0.6 is 15.9 Å². The van der Waals surface area contributed by atoms with Crippen molar-refractivity contribution in [2.24, 2.45) is 0 Å². The Hall–Kier alpha value is -1.16. The highest BCUT2D eigenvalue weighted by atomic mass is 79.9. The molecule has 90 valence electrons. The highest BCUT2D eigenvalue weighted by Gasteiger charge is 2.09. The van der Waals surface area contributed by atoms with Crippen LogP contribution in [0.2, 0.25) is 0 Å². The molecule has 2 nitrogen and oxygen atoms in total. The van der Waals surface area contributed by atoms with Crippen molar-refractivity contribution in [2.45, 2.75) is 25.1 Å². The topological polar surface area (TPSA) is 17.8 Å². The molecule has 0 aliphatic rings. The number of imidazole rings is 1. The molecule has 0 fully saturated rings. The van der Waals surface area contributed by atoms with Crippen LogP contribution in [0.4, 0.5) is 4.39 Å². The molecule has 0 aliphatic carbocycles. The summed E-state index contributed by atoms with van der Waals surface area (Å²) in [5, 5.41) is 0.663. The van der Waals surface area contributed by atoms with E-state index in [1.54, 1.807) is 24.5 Å². The fourth-order valence-corrected chi connectivity index (χ4v) is 2.14. The van der Waals surface area contributed by atoms with Gasteiger partial charge in [0.15, 0.2) is 0 Å². The number of alkyl halides is 1. The second-order valence-corrected chi connectivity index (χ2v) is 4.44. The maximum atomic E-state index is 14.0. The van der Waals surface area contributed by atoms with E-state index < -0.39 is 0 Å². The van der Waals surface area contributed by atoms with Crippen LogP contribution in [0.1, 0.15) is 24.7 Å². The summed E-state index contributed by atoms with van der Waals surface area (Å²) < 4.78 is 15.8. The number of hydrogen-bond acceptors (Lipinski definition) is 1. The van der Waals surface area contributed by atoms with E-state index in [0.29, 0.717) is 11.0 Å². The van der Waals surface area contributed by atoms with E-state index in [1.165, 1.54) is 0 Å². The van der Waals surface area contributed by atoms with Crippen LogP contribution in [0, 0.1) is 5.82 Å². The Morgan fingerprint density at radius 3 is 2.88 bits per heavy atom. The lowest BCUT2D eigenvalue weighted by Gasteiger charge is -2.09. The molecule has 1 aromatic carbocycles. The third-order valence-corrected chi connectivity index (χ3v) is 3.26. The molecule has 1 heterocycles. The molecule has 0 N–H and O–H groups in total. The van der Waals surface area contributed by atoms with Crippen LogP contribution in [0.3, 0.4) is 0 Å². The smallest absolute Gasteiger partial charge is 0.147 e. The van der Waals surface area contributed by atoms with E-state index in [9.17, 15) is 4.39 Å². The van der Waals surface area contributed by atoms with Gasteiger partial charge in [0.25, 0.3) is 0 Å². The van der Waals surface area contributed by atoms with E-state index in [2.05, 4.69) is 27.8 Å². The van der Waals surface area contributed by atoms with Gasteiger partial charge in [0, 0.05) is 24.1 Å². The Morgan fingerprint density at radius 2 is 2.24 bits per heavy atom. The van der Waals surface area contributed by atoms with Gasteiger partial charge in [-0.3, -0.25) is 0 Å². The first kappa shape index (κ1) is 12.3. The molecule has 0 atom stereocenters. The average Bonchev–Trinajstić information content (AvgIpc) is 2.77. The molecular weight excluding hydrogens is 283 g/mol. The second-order valence-electron chi connectivity index (χ2n) is 3.88. The predicted octanol–water partition coefficient (Wildman–Crippen LogP) is 3.86. The molecule has 0 radical (unpaired) electrons. The van der Waals surface area contributed by atoms with Gasteiger partial charge < -0.3 is 4.57 Å². The van der Waals surface area contributed by atoms with Crippen molar-refractivity contribution in [3.63, 3.8) is 0 Å². The van der Waals surface area contributed by atoms with Gasteiger partial charge in [-0.25, -0.2) is 9.37 Å². The van der Waals surface area contributed by atoms with Gasteiger partial charge in [0.05, 0.1) is 5.69 Å². The third kappa shape index (κ3) is 2.57. The molecule has 4 heteroatoms. The van der Waals surface area contributed by atoms with Crippen LogP contribution in [0.25, 0.3) is 5.69 Å². The Kier molecular flexibility index (Phi) is 3.94. The molecule has 2 rings (SSSR count). The Morgan fingerprint density at radius 1 is 1.41 bits per heavy atom. The molecule has 0 spiro atoms. The molecule has 1 aromatic heterocycles. The number of aryl methyl sites for hydroxylation is 1. The normalized spacial score (nSPS) is 10.8. The Bertz CT molecular complexity index is 508. The van der Waals surface area contributed by atoms with Gasteiger partial charge in [-0.2, -0.15) is 0 Å². The van der Waals surface area contributed by atoms with Crippen LogP contribution in [-0.2, 0) is 11.8 Å². The highest BCUT2D eigenvalue weighted by Crippen LogP contribution is 2.18.